The number of rotatable bonds is 6. The smallest absolute Gasteiger partial charge is 0.152 e. The third-order valence-corrected chi connectivity index (χ3v) is 4.81. The van der Waals surface area contributed by atoms with Crippen LogP contribution in [0, 0.1) is 0 Å². The highest BCUT2D eigenvalue weighted by Crippen LogP contribution is 2.15. The highest BCUT2D eigenvalue weighted by Gasteiger charge is 2.13. The average Bonchev–Trinajstić information content (AvgIpc) is 2.92. The standard InChI is InChI=1S/C13H18N4O2S/c1-3-20(18,19)8-11(2)16-12-5-4-6-13(7-12)17-9-14-15-10-17/h4-7,9-11,16H,3,8H2,1-2H3. The van der Waals surface area contributed by atoms with Crippen molar-refractivity contribution in [2.45, 2.75) is 19.9 Å². The number of nitrogens with zero attached hydrogens (tertiary/aromatic N) is 3. The second-order valence-corrected chi connectivity index (χ2v) is 7.06. The summed E-state index contributed by atoms with van der Waals surface area (Å²) in [6.07, 6.45) is 3.23. The molecular formula is C13H18N4O2S. The molecule has 1 atom stereocenters. The Hall–Kier alpha value is -1.89. The molecule has 0 amide bonds. The molecule has 2 rings (SSSR count). The Morgan fingerprint density at radius 1 is 1.30 bits per heavy atom. The van der Waals surface area contributed by atoms with Crippen molar-refractivity contribution in [3.63, 3.8) is 0 Å². The first kappa shape index (κ1) is 14.5. The topological polar surface area (TPSA) is 76.9 Å². The zero-order chi connectivity index (χ0) is 14.6. The Bertz CT molecular complexity index is 653. The molecule has 1 aromatic carbocycles. The van der Waals surface area contributed by atoms with E-state index in [-0.39, 0.29) is 17.5 Å². The summed E-state index contributed by atoms with van der Waals surface area (Å²) >= 11 is 0. The Labute approximate surface area is 118 Å². The predicted octanol–water partition coefficient (Wildman–Crippen LogP) is 1.50. The number of hydrogen-bond donors (Lipinski definition) is 1. The molecule has 7 heteroatoms. The first-order valence-electron chi connectivity index (χ1n) is 6.42. The Morgan fingerprint density at radius 3 is 2.65 bits per heavy atom. The van der Waals surface area contributed by atoms with Crippen LogP contribution in [-0.2, 0) is 9.84 Å². The highest BCUT2D eigenvalue weighted by atomic mass is 32.2. The minimum atomic E-state index is -2.98. The lowest BCUT2D eigenvalue weighted by molar-refractivity contribution is 0.593. The van der Waals surface area contributed by atoms with Gasteiger partial charge in [0, 0.05) is 17.5 Å². The lowest BCUT2D eigenvalue weighted by Gasteiger charge is -2.15. The van der Waals surface area contributed by atoms with Gasteiger partial charge in [0.1, 0.15) is 12.7 Å². The van der Waals surface area contributed by atoms with E-state index >= 15 is 0 Å². The Balaban J connectivity index is 2.09. The zero-order valence-corrected chi connectivity index (χ0v) is 12.3. The Morgan fingerprint density at radius 2 is 2.00 bits per heavy atom. The molecule has 0 bridgehead atoms. The van der Waals surface area contributed by atoms with Gasteiger partial charge in [-0.1, -0.05) is 13.0 Å². The van der Waals surface area contributed by atoms with E-state index in [1.807, 2.05) is 31.2 Å². The van der Waals surface area contributed by atoms with Gasteiger partial charge in [-0.2, -0.15) is 0 Å². The van der Waals surface area contributed by atoms with Gasteiger partial charge in [-0.05, 0) is 25.1 Å². The summed E-state index contributed by atoms with van der Waals surface area (Å²) in [5.41, 5.74) is 1.79. The second kappa shape index (κ2) is 6.04. The molecule has 0 spiro atoms. The maximum absolute atomic E-state index is 11.6. The molecule has 0 aliphatic heterocycles. The lowest BCUT2D eigenvalue weighted by Crippen LogP contribution is -2.26. The van der Waals surface area contributed by atoms with E-state index in [1.165, 1.54) is 0 Å². The fourth-order valence-corrected chi connectivity index (χ4v) is 3.00. The summed E-state index contributed by atoms with van der Waals surface area (Å²) in [6.45, 7) is 3.52. The molecule has 1 N–H and O–H groups in total. The van der Waals surface area contributed by atoms with Crippen molar-refractivity contribution in [3.05, 3.63) is 36.9 Å². The number of anilines is 1. The normalized spacial score (nSPS) is 13.1. The van der Waals surface area contributed by atoms with Crippen LogP contribution in [0.25, 0.3) is 5.69 Å². The number of aromatic nitrogens is 3. The van der Waals surface area contributed by atoms with Crippen LogP contribution < -0.4 is 5.32 Å². The molecule has 0 saturated carbocycles. The quantitative estimate of drug-likeness (QED) is 0.873. The van der Waals surface area contributed by atoms with Gasteiger partial charge in [-0.3, -0.25) is 4.57 Å². The number of sulfone groups is 1. The maximum atomic E-state index is 11.6. The molecule has 0 saturated heterocycles. The van der Waals surface area contributed by atoms with Crippen LogP contribution in [0.3, 0.4) is 0 Å². The van der Waals surface area contributed by atoms with E-state index in [2.05, 4.69) is 15.5 Å². The van der Waals surface area contributed by atoms with Gasteiger partial charge in [0.25, 0.3) is 0 Å². The summed E-state index contributed by atoms with van der Waals surface area (Å²) in [5.74, 6) is 0.292. The van der Waals surface area contributed by atoms with E-state index in [4.69, 9.17) is 0 Å². The third-order valence-electron chi connectivity index (χ3n) is 2.92. The van der Waals surface area contributed by atoms with Gasteiger partial charge in [0.2, 0.25) is 0 Å². The van der Waals surface area contributed by atoms with Crippen molar-refractivity contribution in [1.82, 2.24) is 14.8 Å². The molecule has 20 heavy (non-hydrogen) atoms. The van der Waals surface area contributed by atoms with Crippen LogP contribution in [0.4, 0.5) is 5.69 Å². The first-order valence-corrected chi connectivity index (χ1v) is 8.24. The molecular weight excluding hydrogens is 276 g/mol. The van der Waals surface area contributed by atoms with Crippen LogP contribution in [0.15, 0.2) is 36.9 Å². The van der Waals surface area contributed by atoms with Crippen molar-refractivity contribution >= 4 is 15.5 Å². The van der Waals surface area contributed by atoms with E-state index < -0.39 is 9.84 Å². The monoisotopic (exact) mass is 294 g/mol. The minimum Gasteiger partial charge on any atom is -0.382 e. The predicted molar refractivity (Wildman–Crippen MR) is 78.8 cm³/mol. The van der Waals surface area contributed by atoms with Crippen LogP contribution in [-0.4, -0.2) is 40.7 Å². The van der Waals surface area contributed by atoms with Gasteiger partial charge in [0.05, 0.1) is 11.4 Å². The van der Waals surface area contributed by atoms with E-state index in [1.54, 1.807) is 24.1 Å². The van der Waals surface area contributed by atoms with E-state index in [0.29, 0.717) is 0 Å². The molecule has 0 aliphatic rings. The molecule has 0 fully saturated rings. The van der Waals surface area contributed by atoms with E-state index in [9.17, 15) is 8.42 Å². The largest absolute Gasteiger partial charge is 0.382 e. The second-order valence-electron chi connectivity index (χ2n) is 4.66. The van der Waals surface area contributed by atoms with Crippen molar-refractivity contribution in [3.8, 4) is 5.69 Å². The van der Waals surface area contributed by atoms with Gasteiger partial charge < -0.3 is 5.32 Å². The van der Waals surface area contributed by atoms with Crippen LogP contribution in [0.5, 0.6) is 0 Å². The zero-order valence-electron chi connectivity index (χ0n) is 11.5. The summed E-state index contributed by atoms with van der Waals surface area (Å²) in [6, 6.07) is 7.53. The average molecular weight is 294 g/mol. The Kier molecular flexibility index (Phi) is 4.39. The van der Waals surface area contributed by atoms with Crippen molar-refractivity contribution in [1.29, 1.82) is 0 Å². The first-order chi connectivity index (χ1) is 9.50. The molecule has 2 aromatic rings. The van der Waals surface area contributed by atoms with Crippen molar-refractivity contribution in [2.75, 3.05) is 16.8 Å². The summed E-state index contributed by atoms with van der Waals surface area (Å²) in [4.78, 5) is 0. The van der Waals surface area contributed by atoms with Crippen molar-refractivity contribution < 1.29 is 8.42 Å². The molecule has 1 aromatic heterocycles. The number of benzene rings is 1. The van der Waals surface area contributed by atoms with Gasteiger partial charge >= 0.3 is 0 Å². The number of hydrogen-bond acceptors (Lipinski definition) is 5. The van der Waals surface area contributed by atoms with Crippen molar-refractivity contribution in [2.24, 2.45) is 0 Å². The highest BCUT2D eigenvalue weighted by molar-refractivity contribution is 7.91. The number of nitrogens with one attached hydrogen (secondary N) is 1. The minimum absolute atomic E-state index is 0.125. The molecule has 1 heterocycles. The molecule has 0 aliphatic carbocycles. The molecule has 0 radical (unpaired) electrons. The van der Waals surface area contributed by atoms with Gasteiger partial charge in [-0.25, -0.2) is 8.42 Å². The summed E-state index contributed by atoms with van der Waals surface area (Å²) < 4.78 is 25.0. The van der Waals surface area contributed by atoms with Gasteiger partial charge in [0.15, 0.2) is 9.84 Å². The maximum Gasteiger partial charge on any atom is 0.152 e. The van der Waals surface area contributed by atoms with Crippen LogP contribution in [0.1, 0.15) is 13.8 Å². The summed E-state index contributed by atoms with van der Waals surface area (Å²) in [5, 5.41) is 10.7. The molecule has 1 unspecified atom stereocenters. The third kappa shape index (κ3) is 3.80. The fraction of sp³-hybridized carbons (Fsp3) is 0.385. The molecule has 108 valence electrons. The lowest BCUT2D eigenvalue weighted by atomic mass is 10.2. The SMILES string of the molecule is CCS(=O)(=O)CC(C)Nc1cccc(-n2cnnc2)c1. The van der Waals surface area contributed by atoms with Gasteiger partial charge in [-0.15, -0.1) is 10.2 Å². The summed E-state index contributed by atoms with van der Waals surface area (Å²) in [7, 11) is -2.98. The van der Waals surface area contributed by atoms with E-state index in [0.717, 1.165) is 11.4 Å². The fourth-order valence-electron chi connectivity index (χ4n) is 1.92. The molecule has 6 nitrogen and oxygen atoms in total. The van der Waals surface area contributed by atoms with Crippen LogP contribution in [0.2, 0.25) is 0 Å². The van der Waals surface area contributed by atoms with Crippen LogP contribution >= 0.6 is 0 Å².